The van der Waals surface area contributed by atoms with E-state index < -0.39 is 0 Å². The third-order valence-electron chi connectivity index (χ3n) is 3.57. The summed E-state index contributed by atoms with van der Waals surface area (Å²) in [5.74, 6) is 2.73. The molecule has 1 fully saturated rings. The molecule has 0 atom stereocenters. The molecule has 1 saturated heterocycles. The van der Waals surface area contributed by atoms with Gasteiger partial charge in [-0.1, -0.05) is 13.8 Å². The molecular formula is C13H21N3. The zero-order valence-corrected chi connectivity index (χ0v) is 10.5. The van der Waals surface area contributed by atoms with E-state index in [9.17, 15) is 0 Å². The summed E-state index contributed by atoms with van der Waals surface area (Å²) in [4.78, 5) is 11.1. The molecule has 2 rings (SSSR count). The van der Waals surface area contributed by atoms with E-state index in [0.717, 1.165) is 36.4 Å². The van der Waals surface area contributed by atoms with Crippen LogP contribution in [0.15, 0.2) is 12.4 Å². The summed E-state index contributed by atoms with van der Waals surface area (Å²) in [7, 11) is 0. The first-order valence-corrected chi connectivity index (χ1v) is 6.20. The lowest BCUT2D eigenvalue weighted by atomic mass is 9.87. The van der Waals surface area contributed by atoms with E-state index in [0.29, 0.717) is 0 Å². The standard InChI is InChI=1S/C13H21N3/c1-10(2)12-4-6-16(7-5-12)13-9-14-11(3)8-15-13/h8-10,12H,4-7H2,1-3H3. The van der Waals surface area contributed by atoms with Gasteiger partial charge >= 0.3 is 0 Å². The largest absolute Gasteiger partial charge is 0.355 e. The second-order valence-corrected chi connectivity index (χ2v) is 5.08. The minimum atomic E-state index is 0.811. The van der Waals surface area contributed by atoms with Gasteiger partial charge in [-0.05, 0) is 31.6 Å². The molecule has 1 aromatic rings. The molecule has 3 nitrogen and oxygen atoms in total. The Balaban J connectivity index is 1.96. The lowest BCUT2D eigenvalue weighted by molar-refractivity contribution is 0.310. The van der Waals surface area contributed by atoms with Crippen LogP contribution in [0, 0.1) is 18.8 Å². The smallest absolute Gasteiger partial charge is 0.147 e. The molecule has 1 aromatic heterocycles. The van der Waals surface area contributed by atoms with Gasteiger partial charge in [0, 0.05) is 13.1 Å². The summed E-state index contributed by atoms with van der Waals surface area (Å²) in [5, 5.41) is 0. The number of piperidine rings is 1. The number of nitrogens with zero attached hydrogens (tertiary/aromatic N) is 3. The van der Waals surface area contributed by atoms with Gasteiger partial charge in [0.05, 0.1) is 18.1 Å². The quantitative estimate of drug-likeness (QED) is 0.765. The highest BCUT2D eigenvalue weighted by molar-refractivity contribution is 5.36. The Morgan fingerprint density at radius 3 is 2.38 bits per heavy atom. The van der Waals surface area contributed by atoms with E-state index in [1.165, 1.54) is 12.8 Å². The maximum absolute atomic E-state index is 4.44. The first-order chi connectivity index (χ1) is 7.66. The molecule has 0 N–H and O–H groups in total. The van der Waals surface area contributed by atoms with Gasteiger partial charge in [-0.3, -0.25) is 4.98 Å². The van der Waals surface area contributed by atoms with Crippen molar-refractivity contribution in [3.05, 3.63) is 18.1 Å². The van der Waals surface area contributed by atoms with Gasteiger partial charge in [-0.25, -0.2) is 4.98 Å². The molecule has 0 unspecified atom stereocenters. The van der Waals surface area contributed by atoms with Crippen molar-refractivity contribution < 1.29 is 0 Å². The van der Waals surface area contributed by atoms with Crippen LogP contribution in [-0.4, -0.2) is 23.1 Å². The van der Waals surface area contributed by atoms with E-state index in [1.54, 1.807) is 0 Å². The fourth-order valence-electron chi connectivity index (χ4n) is 2.34. The Kier molecular flexibility index (Phi) is 3.42. The second kappa shape index (κ2) is 4.81. The molecule has 16 heavy (non-hydrogen) atoms. The second-order valence-electron chi connectivity index (χ2n) is 5.08. The summed E-state index contributed by atoms with van der Waals surface area (Å²) < 4.78 is 0. The van der Waals surface area contributed by atoms with Gasteiger partial charge in [0.1, 0.15) is 5.82 Å². The maximum atomic E-state index is 4.44. The van der Waals surface area contributed by atoms with Crippen LogP contribution in [0.1, 0.15) is 32.4 Å². The minimum Gasteiger partial charge on any atom is -0.355 e. The van der Waals surface area contributed by atoms with Crippen molar-refractivity contribution in [2.24, 2.45) is 11.8 Å². The van der Waals surface area contributed by atoms with Crippen molar-refractivity contribution in [2.45, 2.75) is 33.6 Å². The predicted molar refractivity (Wildman–Crippen MR) is 66.5 cm³/mol. The summed E-state index contributed by atoms with van der Waals surface area (Å²) >= 11 is 0. The van der Waals surface area contributed by atoms with Crippen LogP contribution >= 0.6 is 0 Å². The molecule has 1 aliphatic heterocycles. The number of hydrogen-bond acceptors (Lipinski definition) is 3. The number of aryl methyl sites for hydroxylation is 1. The normalized spacial score (nSPS) is 18.1. The van der Waals surface area contributed by atoms with E-state index >= 15 is 0 Å². The van der Waals surface area contributed by atoms with Crippen molar-refractivity contribution in [1.82, 2.24) is 9.97 Å². The average Bonchev–Trinajstić information content (AvgIpc) is 2.30. The first-order valence-electron chi connectivity index (χ1n) is 6.20. The van der Waals surface area contributed by atoms with E-state index in [2.05, 4.69) is 28.7 Å². The highest BCUT2D eigenvalue weighted by Crippen LogP contribution is 2.26. The summed E-state index contributed by atoms with van der Waals surface area (Å²) in [6.45, 7) is 8.88. The van der Waals surface area contributed by atoms with Crippen molar-refractivity contribution in [2.75, 3.05) is 18.0 Å². The molecule has 1 aliphatic rings. The molecule has 0 saturated carbocycles. The number of hydrogen-bond donors (Lipinski definition) is 0. The third kappa shape index (κ3) is 2.52. The van der Waals surface area contributed by atoms with Crippen molar-refractivity contribution in [3.8, 4) is 0 Å². The van der Waals surface area contributed by atoms with Crippen LogP contribution in [0.2, 0.25) is 0 Å². The fourth-order valence-corrected chi connectivity index (χ4v) is 2.34. The van der Waals surface area contributed by atoms with E-state index in [4.69, 9.17) is 0 Å². The van der Waals surface area contributed by atoms with Crippen LogP contribution in [-0.2, 0) is 0 Å². The monoisotopic (exact) mass is 219 g/mol. The Morgan fingerprint density at radius 1 is 1.19 bits per heavy atom. The lowest BCUT2D eigenvalue weighted by Crippen LogP contribution is -2.35. The van der Waals surface area contributed by atoms with Gasteiger partial charge in [-0.2, -0.15) is 0 Å². The Morgan fingerprint density at radius 2 is 1.88 bits per heavy atom. The zero-order valence-electron chi connectivity index (χ0n) is 10.5. The van der Waals surface area contributed by atoms with Crippen molar-refractivity contribution >= 4 is 5.82 Å². The molecule has 0 radical (unpaired) electrons. The summed E-state index contributed by atoms with van der Waals surface area (Å²) in [6, 6.07) is 0. The molecule has 88 valence electrons. The predicted octanol–water partition coefficient (Wildman–Crippen LogP) is 2.66. The molecule has 0 spiro atoms. The van der Waals surface area contributed by atoms with Crippen molar-refractivity contribution in [3.63, 3.8) is 0 Å². The SMILES string of the molecule is Cc1cnc(N2CCC(C(C)C)CC2)cn1. The molecule has 2 heterocycles. The van der Waals surface area contributed by atoms with E-state index in [-0.39, 0.29) is 0 Å². The summed E-state index contributed by atoms with van der Waals surface area (Å²) in [5.41, 5.74) is 0.987. The Labute approximate surface area is 97.9 Å². The summed E-state index contributed by atoms with van der Waals surface area (Å²) in [6.07, 6.45) is 6.31. The van der Waals surface area contributed by atoms with Crippen LogP contribution in [0.5, 0.6) is 0 Å². The van der Waals surface area contributed by atoms with E-state index in [1.807, 2.05) is 19.3 Å². The average molecular weight is 219 g/mol. The topological polar surface area (TPSA) is 29.0 Å². The molecule has 0 bridgehead atoms. The van der Waals surface area contributed by atoms with Gasteiger partial charge in [0.15, 0.2) is 0 Å². The van der Waals surface area contributed by atoms with Gasteiger partial charge in [-0.15, -0.1) is 0 Å². The van der Waals surface area contributed by atoms with Crippen LogP contribution in [0.4, 0.5) is 5.82 Å². The molecular weight excluding hydrogens is 198 g/mol. The van der Waals surface area contributed by atoms with Crippen molar-refractivity contribution in [1.29, 1.82) is 0 Å². The fraction of sp³-hybridized carbons (Fsp3) is 0.692. The van der Waals surface area contributed by atoms with Gasteiger partial charge in [0.25, 0.3) is 0 Å². The Hall–Kier alpha value is -1.12. The molecule has 0 aliphatic carbocycles. The number of rotatable bonds is 2. The van der Waals surface area contributed by atoms with Gasteiger partial charge < -0.3 is 4.90 Å². The molecule has 0 aromatic carbocycles. The zero-order chi connectivity index (χ0) is 11.5. The van der Waals surface area contributed by atoms with Crippen LogP contribution in [0.25, 0.3) is 0 Å². The Bertz CT molecular complexity index is 324. The first kappa shape index (κ1) is 11.4. The third-order valence-corrected chi connectivity index (χ3v) is 3.57. The van der Waals surface area contributed by atoms with Crippen LogP contribution < -0.4 is 4.90 Å². The highest BCUT2D eigenvalue weighted by Gasteiger charge is 2.22. The van der Waals surface area contributed by atoms with Crippen LogP contribution in [0.3, 0.4) is 0 Å². The molecule has 3 heteroatoms. The molecule has 0 amide bonds. The lowest BCUT2D eigenvalue weighted by Gasteiger charge is -2.34. The minimum absolute atomic E-state index is 0.811. The highest BCUT2D eigenvalue weighted by atomic mass is 15.2. The number of aromatic nitrogens is 2. The maximum Gasteiger partial charge on any atom is 0.147 e. The number of anilines is 1. The van der Waals surface area contributed by atoms with Gasteiger partial charge in [0.2, 0.25) is 0 Å².